The zero-order valence-electron chi connectivity index (χ0n) is 25.0. The van der Waals surface area contributed by atoms with E-state index in [1.54, 1.807) is 7.11 Å². The lowest BCUT2D eigenvalue weighted by Gasteiger charge is -2.39. The van der Waals surface area contributed by atoms with Gasteiger partial charge in [0.25, 0.3) is 0 Å². The molecular formula is C32H52NO2P. The van der Waals surface area contributed by atoms with Gasteiger partial charge in [-0.15, -0.1) is 0 Å². The SMILES string of the molecule is CCCCCC(CC)(Pc1ccccc1N(C)C)c1cc(C(C)(C)C)cc(C(C)(C)C)c1OCOC. The minimum absolute atomic E-state index is 0.00832. The predicted molar refractivity (Wildman–Crippen MR) is 161 cm³/mol. The summed E-state index contributed by atoms with van der Waals surface area (Å²) in [5.74, 6) is 1.03. The second-order valence-corrected chi connectivity index (χ2v) is 14.1. The zero-order chi connectivity index (χ0) is 27.1. The third-order valence-electron chi connectivity index (χ3n) is 7.17. The molecule has 0 aliphatic carbocycles. The third-order valence-corrected chi connectivity index (χ3v) is 9.21. The monoisotopic (exact) mass is 513 g/mol. The van der Waals surface area contributed by atoms with Crippen molar-refractivity contribution in [1.82, 2.24) is 0 Å². The van der Waals surface area contributed by atoms with Gasteiger partial charge in [-0.1, -0.05) is 114 Å². The van der Waals surface area contributed by atoms with Crippen LogP contribution in [0.2, 0.25) is 0 Å². The first-order valence-electron chi connectivity index (χ1n) is 13.7. The van der Waals surface area contributed by atoms with Gasteiger partial charge in [-0.3, -0.25) is 0 Å². The van der Waals surface area contributed by atoms with Gasteiger partial charge in [0.15, 0.2) is 6.79 Å². The first kappa shape index (κ1) is 30.7. The van der Waals surface area contributed by atoms with Crippen molar-refractivity contribution >= 4 is 19.6 Å². The van der Waals surface area contributed by atoms with Gasteiger partial charge in [-0.25, -0.2) is 0 Å². The molecule has 0 amide bonds. The van der Waals surface area contributed by atoms with Crippen molar-refractivity contribution in [2.24, 2.45) is 0 Å². The van der Waals surface area contributed by atoms with E-state index in [1.165, 1.54) is 46.9 Å². The number of ether oxygens (including phenoxy) is 2. The van der Waals surface area contributed by atoms with Crippen molar-refractivity contribution in [3.63, 3.8) is 0 Å². The number of para-hydroxylation sites is 1. The van der Waals surface area contributed by atoms with Crippen LogP contribution in [0.4, 0.5) is 5.69 Å². The number of rotatable bonds is 12. The second kappa shape index (κ2) is 12.8. The molecule has 2 aromatic carbocycles. The highest BCUT2D eigenvalue weighted by Gasteiger charge is 2.38. The summed E-state index contributed by atoms with van der Waals surface area (Å²) < 4.78 is 12.0. The van der Waals surface area contributed by atoms with Crippen molar-refractivity contribution in [1.29, 1.82) is 0 Å². The summed E-state index contributed by atoms with van der Waals surface area (Å²) in [6.07, 6.45) is 5.91. The van der Waals surface area contributed by atoms with Gasteiger partial charge in [-0.05, 0) is 40.6 Å². The summed E-state index contributed by atoms with van der Waals surface area (Å²) in [5.41, 5.74) is 5.33. The fourth-order valence-corrected chi connectivity index (χ4v) is 6.80. The Bertz CT molecular complexity index is 971. The molecule has 2 rings (SSSR count). The molecule has 202 valence electrons. The second-order valence-electron chi connectivity index (χ2n) is 12.4. The summed E-state index contributed by atoms with van der Waals surface area (Å²) >= 11 is 0. The Kier molecular flexibility index (Phi) is 10.9. The Morgan fingerprint density at radius 1 is 0.861 bits per heavy atom. The Balaban J connectivity index is 2.91. The lowest BCUT2D eigenvalue weighted by molar-refractivity contribution is 0.0485. The van der Waals surface area contributed by atoms with Gasteiger partial charge >= 0.3 is 0 Å². The molecule has 0 spiro atoms. The lowest BCUT2D eigenvalue weighted by Crippen LogP contribution is -2.29. The molecule has 2 atom stereocenters. The number of anilines is 1. The van der Waals surface area contributed by atoms with Gasteiger partial charge in [0.2, 0.25) is 0 Å². The molecular weight excluding hydrogens is 461 g/mol. The summed E-state index contributed by atoms with van der Waals surface area (Å²) in [6, 6.07) is 13.8. The smallest absolute Gasteiger partial charge is 0.188 e. The van der Waals surface area contributed by atoms with Crippen molar-refractivity contribution in [3.8, 4) is 5.75 Å². The maximum Gasteiger partial charge on any atom is 0.188 e. The molecule has 4 heteroatoms. The van der Waals surface area contributed by atoms with Crippen LogP contribution in [0.3, 0.4) is 0 Å². The molecule has 0 N–H and O–H groups in total. The standard InChI is InChI=1S/C32H52NO2P/c1-12-14-17-20-32(13-2,36-28-19-16-15-18-27(28)33(9)10)26-22-24(30(3,4)5)21-25(31(6,7)8)29(26)35-23-34-11/h15-16,18-19,21-22,36H,12-14,17,20,23H2,1-11H3. The van der Waals surface area contributed by atoms with Crippen molar-refractivity contribution in [2.75, 3.05) is 32.9 Å². The highest BCUT2D eigenvalue weighted by Crippen LogP contribution is 2.54. The number of benzene rings is 2. The molecule has 0 heterocycles. The van der Waals surface area contributed by atoms with E-state index in [9.17, 15) is 0 Å². The first-order chi connectivity index (χ1) is 16.8. The molecule has 2 aromatic rings. The van der Waals surface area contributed by atoms with Gasteiger partial charge in [-0.2, -0.15) is 0 Å². The van der Waals surface area contributed by atoms with Crippen LogP contribution >= 0.6 is 8.58 Å². The van der Waals surface area contributed by atoms with Gasteiger partial charge in [0.1, 0.15) is 5.75 Å². The van der Waals surface area contributed by atoms with Crippen LogP contribution < -0.4 is 14.9 Å². The van der Waals surface area contributed by atoms with Gasteiger partial charge in [0.05, 0.1) is 0 Å². The molecule has 3 nitrogen and oxygen atoms in total. The molecule has 0 aliphatic heterocycles. The van der Waals surface area contributed by atoms with E-state index in [4.69, 9.17) is 9.47 Å². The molecule has 36 heavy (non-hydrogen) atoms. The highest BCUT2D eigenvalue weighted by molar-refractivity contribution is 7.49. The fourth-order valence-electron chi connectivity index (χ4n) is 4.87. The molecule has 0 radical (unpaired) electrons. The zero-order valence-corrected chi connectivity index (χ0v) is 26.0. The molecule has 0 aliphatic rings. The van der Waals surface area contributed by atoms with E-state index in [0.717, 1.165) is 18.6 Å². The van der Waals surface area contributed by atoms with Crippen LogP contribution in [-0.2, 0) is 20.7 Å². The van der Waals surface area contributed by atoms with Crippen LogP contribution in [0.1, 0.15) is 104 Å². The van der Waals surface area contributed by atoms with Crippen LogP contribution in [0.25, 0.3) is 0 Å². The van der Waals surface area contributed by atoms with E-state index in [0.29, 0.717) is 8.58 Å². The number of unbranched alkanes of at least 4 members (excludes halogenated alkanes) is 2. The number of methoxy groups -OCH3 is 1. The highest BCUT2D eigenvalue weighted by atomic mass is 31.1. The molecule has 0 saturated carbocycles. The topological polar surface area (TPSA) is 21.7 Å². The maximum atomic E-state index is 6.51. The Morgan fingerprint density at radius 2 is 1.50 bits per heavy atom. The summed E-state index contributed by atoms with van der Waals surface area (Å²) in [6.45, 7) is 18.8. The molecule has 0 bridgehead atoms. The Labute approximate surface area is 224 Å². The van der Waals surface area contributed by atoms with Crippen LogP contribution in [0.15, 0.2) is 36.4 Å². The van der Waals surface area contributed by atoms with Crippen LogP contribution in [0.5, 0.6) is 5.75 Å². The fraction of sp³-hybridized carbons (Fsp3) is 0.625. The van der Waals surface area contributed by atoms with Crippen molar-refractivity contribution in [2.45, 2.75) is 103 Å². The van der Waals surface area contributed by atoms with E-state index in [2.05, 4.69) is 111 Å². The van der Waals surface area contributed by atoms with Crippen LogP contribution in [-0.4, -0.2) is 28.0 Å². The Hall–Kier alpha value is -1.57. The molecule has 0 fully saturated rings. The minimum atomic E-state index is -0.0490. The van der Waals surface area contributed by atoms with Gasteiger partial charge in [0, 0.05) is 43.2 Å². The molecule has 0 aromatic heterocycles. The van der Waals surface area contributed by atoms with Crippen molar-refractivity contribution in [3.05, 3.63) is 53.1 Å². The van der Waals surface area contributed by atoms with E-state index in [-0.39, 0.29) is 22.8 Å². The van der Waals surface area contributed by atoms with E-state index in [1.807, 2.05) is 0 Å². The third kappa shape index (κ3) is 7.48. The normalized spacial score (nSPS) is 14.3. The van der Waals surface area contributed by atoms with Crippen LogP contribution in [0, 0.1) is 0 Å². The largest absolute Gasteiger partial charge is 0.467 e. The summed E-state index contributed by atoms with van der Waals surface area (Å²) in [7, 11) is 6.66. The average molecular weight is 514 g/mol. The number of hydrogen-bond acceptors (Lipinski definition) is 3. The van der Waals surface area contributed by atoms with Crippen molar-refractivity contribution < 1.29 is 9.47 Å². The molecule has 0 saturated heterocycles. The first-order valence-corrected chi connectivity index (χ1v) is 14.7. The van der Waals surface area contributed by atoms with Gasteiger partial charge < -0.3 is 14.4 Å². The van der Waals surface area contributed by atoms with E-state index < -0.39 is 0 Å². The lowest BCUT2D eigenvalue weighted by atomic mass is 9.76. The molecule has 2 unspecified atom stereocenters. The van der Waals surface area contributed by atoms with E-state index >= 15 is 0 Å². The summed E-state index contributed by atoms with van der Waals surface area (Å²) in [5, 5.41) is 1.42. The quantitative estimate of drug-likeness (QED) is 0.161. The Morgan fingerprint density at radius 3 is 2.03 bits per heavy atom. The maximum absolute atomic E-state index is 6.51. The summed E-state index contributed by atoms with van der Waals surface area (Å²) in [4.78, 5) is 2.25. The minimum Gasteiger partial charge on any atom is -0.467 e. The average Bonchev–Trinajstić information content (AvgIpc) is 2.80. The number of hydrogen-bond donors (Lipinski definition) is 0. The number of nitrogens with zero attached hydrogens (tertiary/aromatic N) is 1. The predicted octanol–water partition coefficient (Wildman–Crippen LogP) is 8.52.